The van der Waals surface area contributed by atoms with Gasteiger partial charge in [0.15, 0.2) is 0 Å². The van der Waals surface area contributed by atoms with E-state index < -0.39 is 26.5 Å². The van der Waals surface area contributed by atoms with Crippen molar-refractivity contribution < 1.29 is 37.6 Å². The second kappa shape index (κ2) is 36.2. The SMILES string of the molecule is CC/C=C\C/C=C\C/C=C\C/C=C\C/C=C\C/C=C\C/C=C\C/C=C\C/C=C\CCCCCCCC(=O)OCC(O)COP(=O)([O-])OCC[N+](C)(C)C. The molecule has 9 heteroatoms. The minimum atomic E-state index is -4.51. The summed E-state index contributed by atoms with van der Waals surface area (Å²) in [5, 5.41) is 9.87. The van der Waals surface area contributed by atoms with Crippen LogP contribution in [0.4, 0.5) is 0 Å². The monoisotopic (exact) mass is 758 g/mol. The lowest BCUT2D eigenvalue weighted by atomic mass is 10.1. The number of aliphatic hydroxyl groups is 1. The van der Waals surface area contributed by atoms with Crippen molar-refractivity contribution >= 4 is 13.8 Å². The fourth-order valence-electron chi connectivity index (χ4n) is 4.47. The Morgan fingerprint density at radius 3 is 1.43 bits per heavy atom. The highest BCUT2D eigenvalue weighted by Crippen LogP contribution is 2.38. The number of allylic oxidation sites excluding steroid dienone is 18. The summed E-state index contributed by atoms with van der Waals surface area (Å²) in [6, 6.07) is 0. The summed E-state index contributed by atoms with van der Waals surface area (Å²) in [6.45, 7) is 1.78. The van der Waals surface area contributed by atoms with Crippen LogP contribution in [-0.2, 0) is 23.1 Å². The third-order valence-electron chi connectivity index (χ3n) is 7.54. The van der Waals surface area contributed by atoms with Crippen LogP contribution in [0.3, 0.4) is 0 Å². The number of carbonyl (C=O) groups is 1. The number of unbranched alkanes of at least 4 members (excludes halogenated alkanes) is 5. The number of ether oxygens (including phenoxy) is 1. The van der Waals surface area contributed by atoms with Crippen molar-refractivity contribution in [1.82, 2.24) is 0 Å². The lowest BCUT2D eigenvalue weighted by Gasteiger charge is -2.27. The van der Waals surface area contributed by atoms with Crippen molar-refractivity contribution in [1.29, 1.82) is 0 Å². The average molecular weight is 758 g/mol. The van der Waals surface area contributed by atoms with Gasteiger partial charge < -0.3 is 28.3 Å². The number of rotatable bonds is 34. The number of phosphoric ester groups is 1. The van der Waals surface area contributed by atoms with Crippen molar-refractivity contribution in [2.24, 2.45) is 0 Å². The standard InChI is InChI=1S/C44H72NO7P/c1-5-6-7-8-9-10-11-12-13-14-15-16-17-18-19-20-21-22-23-24-25-26-27-28-29-30-31-32-33-34-35-36-37-38-44(47)50-41-43(46)42-52-53(48,49)51-40-39-45(2,3)4/h6-7,9-10,12-13,15-16,18-19,21-22,24-25,27-28,30-31,43,46H,5,8,11,14,17,20,23,26,29,32-42H2,1-4H3/b7-6-,10-9-,13-12-,16-15-,19-18-,22-21-,25-24-,28-27-,31-30-. The summed E-state index contributed by atoms with van der Waals surface area (Å²) in [5.74, 6) is -0.412. The number of esters is 1. The van der Waals surface area contributed by atoms with Gasteiger partial charge in [-0.15, -0.1) is 0 Å². The predicted molar refractivity (Wildman–Crippen MR) is 221 cm³/mol. The van der Waals surface area contributed by atoms with E-state index in [9.17, 15) is 19.4 Å². The summed E-state index contributed by atoms with van der Waals surface area (Å²) in [4.78, 5) is 23.7. The van der Waals surface area contributed by atoms with E-state index >= 15 is 0 Å². The van der Waals surface area contributed by atoms with E-state index in [0.29, 0.717) is 11.0 Å². The normalized spacial score (nSPS) is 15.1. The first-order valence-electron chi connectivity index (χ1n) is 19.6. The first-order valence-corrected chi connectivity index (χ1v) is 21.1. The molecule has 0 aliphatic rings. The molecule has 0 fully saturated rings. The number of aliphatic hydroxyl groups excluding tert-OH is 1. The van der Waals surface area contributed by atoms with Gasteiger partial charge in [-0.2, -0.15) is 0 Å². The summed E-state index contributed by atoms with van der Waals surface area (Å²) >= 11 is 0. The van der Waals surface area contributed by atoms with E-state index in [1.165, 1.54) is 0 Å². The van der Waals surface area contributed by atoms with Gasteiger partial charge in [-0.05, 0) is 77.0 Å². The first-order chi connectivity index (χ1) is 25.6. The Kier molecular flexibility index (Phi) is 34.2. The highest BCUT2D eigenvalue weighted by Gasteiger charge is 2.16. The van der Waals surface area contributed by atoms with E-state index in [2.05, 4.69) is 121 Å². The Bertz CT molecular complexity index is 1200. The third kappa shape index (κ3) is 41.8. The molecule has 0 saturated carbocycles. The molecule has 53 heavy (non-hydrogen) atoms. The molecular formula is C44H72NO7P. The van der Waals surface area contributed by atoms with Crippen LogP contribution < -0.4 is 4.89 Å². The molecule has 300 valence electrons. The fraction of sp³-hybridized carbons (Fsp3) is 0.568. The Hall–Kier alpha value is -2.84. The number of nitrogens with zero attached hydrogens (tertiary/aromatic N) is 1. The minimum absolute atomic E-state index is 0.0179. The fourth-order valence-corrected chi connectivity index (χ4v) is 5.20. The zero-order valence-corrected chi connectivity index (χ0v) is 34.3. The maximum Gasteiger partial charge on any atom is 0.305 e. The topological polar surface area (TPSA) is 105 Å². The van der Waals surface area contributed by atoms with Gasteiger partial charge in [-0.3, -0.25) is 9.36 Å². The van der Waals surface area contributed by atoms with Crippen LogP contribution in [0.15, 0.2) is 109 Å². The Balaban J connectivity index is 3.65. The van der Waals surface area contributed by atoms with E-state index in [-0.39, 0.29) is 19.6 Å². The predicted octanol–water partition coefficient (Wildman–Crippen LogP) is 10.4. The molecule has 0 bridgehead atoms. The van der Waals surface area contributed by atoms with Crippen molar-refractivity contribution in [2.75, 3.05) is 47.5 Å². The van der Waals surface area contributed by atoms with E-state index in [0.717, 1.165) is 96.3 Å². The molecule has 0 aromatic rings. The van der Waals surface area contributed by atoms with Crippen LogP contribution in [0, 0.1) is 0 Å². The molecule has 0 aromatic carbocycles. The molecule has 2 atom stereocenters. The quantitative estimate of drug-likeness (QED) is 0.0229. The number of hydrogen-bond donors (Lipinski definition) is 1. The maximum absolute atomic E-state index is 11.9. The minimum Gasteiger partial charge on any atom is -0.756 e. The molecule has 8 nitrogen and oxygen atoms in total. The summed E-state index contributed by atoms with van der Waals surface area (Å²) in [7, 11) is 1.22. The lowest BCUT2D eigenvalue weighted by Crippen LogP contribution is -2.37. The van der Waals surface area contributed by atoms with Crippen LogP contribution in [-0.4, -0.2) is 69.2 Å². The van der Waals surface area contributed by atoms with Gasteiger partial charge in [0.2, 0.25) is 0 Å². The molecule has 0 aliphatic carbocycles. The maximum atomic E-state index is 11.9. The molecule has 0 aliphatic heterocycles. The van der Waals surface area contributed by atoms with E-state index in [1.54, 1.807) is 0 Å². The van der Waals surface area contributed by atoms with Crippen LogP contribution >= 0.6 is 7.82 Å². The van der Waals surface area contributed by atoms with Crippen molar-refractivity contribution in [2.45, 2.75) is 116 Å². The van der Waals surface area contributed by atoms with Crippen LogP contribution in [0.5, 0.6) is 0 Å². The van der Waals surface area contributed by atoms with Crippen molar-refractivity contribution in [3.8, 4) is 0 Å². The van der Waals surface area contributed by atoms with Gasteiger partial charge in [0, 0.05) is 6.42 Å². The van der Waals surface area contributed by atoms with Gasteiger partial charge in [-0.1, -0.05) is 136 Å². The lowest BCUT2D eigenvalue weighted by molar-refractivity contribution is -0.870. The first kappa shape index (κ1) is 50.2. The highest BCUT2D eigenvalue weighted by atomic mass is 31.2. The number of carbonyl (C=O) groups excluding carboxylic acids is 1. The Labute approximate surface area is 323 Å². The van der Waals surface area contributed by atoms with E-state index in [1.807, 2.05) is 21.1 Å². The number of quaternary nitrogens is 1. The van der Waals surface area contributed by atoms with Crippen LogP contribution in [0.2, 0.25) is 0 Å². The molecular weight excluding hydrogens is 685 g/mol. The highest BCUT2D eigenvalue weighted by molar-refractivity contribution is 7.45. The Morgan fingerprint density at radius 2 is 1.00 bits per heavy atom. The number of hydrogen-bond acceptors (Lipinski definition) is 7. The van der Waals surface area contributed by atoms with Gasteiger partial charge in [0.1, 0.15) is 25.9 Å². The molecule has 0 heterocycles. The van der Waals surface area contributed by atoms with Crippen LogP contribution in [0.1, 0.15) is 110 Å². The molecule has 1 N–H and O–H groups in total. The molecule has 0 spiro atoms. The largest absolute Gasteiger partial charge is 0.756 e. The number of phosphoric acid groups is 1. The molecule has 0 radical (unpaired) electrons. The van der Waals surface area contributed by atoms with Crippen LogP contribution in [0.25, 0.3) is 0 Å². The van der Waals surface area contributed by atoms with Gasteiger partial charge in [0.05, 0.1) is 27.7 Å². The summed E-state index contributed by atoms with van der Waals surface area (Å²) in [5.41, 5.74) is 0. The average Bonchev–Trinajstić information content (AvgIpc) is 3.11. The summed E-state index contributed by atoms with van der Waals surface area (Å²) in [6.07, 6.45) is 53.9. The molecule has 2 unspecified atom stereocenters. The molecule has 0 aromatic heterocycles. The van der Waals surface area contributed by atoms with Gasteiger partial charge >= 0.3 is 5.97 Å². The van der Waals surface area contributed by atoms with Gasteiger partial charge in [-0.25, -0.2) is 0 Å². The molecule has 0 saturated heterocycles. The van der Waals surface area contributed by atoms with Gasteiger partial charge in [0.25, 0.3) is 7.82 Å². The third-order valence-corrected chi connectivity index (χ3v) is 8.50. The van der Waals surface area contributed by atoms with Crippen molar-refractivity contribution in [3.05, 3.63) is 109 Å². The zero-order valence-electron chi connectivity index (χ0n) is 33.4. The molecule has 0 amide bonds. The second-order valence-electron chi connectivity index (χ2n) is 13.8. The van der Waals surface area contributed by atoms with Crippen molar-refractivity contribution in [3.63, 3.8) is 0 Å². The number of likely N-dealkylation sites (N-methyl/N-ethyl adjacent to an activating group) is 1. The Morgan fingerprint density at radius 1 is 0.604 bits per heavy atom. The smallest absolute Gasteiger partial charge is 0.305 e. The second-order valence-corrected chi connectivity index (χ2v) is 15.2. The molecule has 0 rings (SSSR count). The zero-order chi connectivity index (χ0) is 39.1. The summed E-state index contributed by atoms with van der Waals surface area (Å²) < 4.78 is 26.8. The van der Waals surface area contributed by atoms with E-state index in [4.69, 9.17) is 9.26 Å².